The number of amides is 2. The maximum absolute atomic E-state index is 13.8. The molecule has 2 aromatic carbocycles. The van der Waals surface area contributed by atoms with Crippen LogP contribution in [0.5, 0.6) is 0 Å². The number of nitrogens with zero attached hydrogens (tertiary/aromatic N) is 2. The van der Waals surface area contributed by atoms with Crippen LogP contribution in [0, 0.1) is 31.1 Å². The average Bonchev–Trinajstić information content (AvgIpc) is 3.19. The van der Waals surface area contributed by atoms with E-state index in [1.165, 1.54) is 4.90 Å². The van der Waals surface area contributed by atoms with Crippen LogP contribution in [0.1, 0.15) is 49.1 Å². The Labute approximate surface area is 188 Å². The van der Waals surface area contributed by atoms with Crippen LogP contribution in [-0.2, 0) is 14.4 Å². The number of Topliss-reactive ketones (excluding diaryl/α,β-unsaturated/α-hetero) is 1. The molecule has 5 nitrogen and oxygen atoms in total. The van der Waals surface area contributed by atoms with Crippen LogP contribution < -0.4 is 4.90 Å². The smallest absolute Gasteiger partial charge is 0.240 e. The Bertz CT molecular complexity index is 1170. The van der Waals surface area contributed by atoms with E-state index < -0.39 is 23.3 Å². The van der Waals surface area contributed by atoms with Crippen molar-refractivity contribution in [3.8, 4) is 0 Å². The number of rotatable bonds is 2. The summed E-state index contributed by atoms with van der Waals surface area (Å²) < 4.78 is 0. The predicted octanol–water partition coefficient (Wildman–Crippen LogP) is 4.43. The highest BCUT2D eigenvalue weighted by Crippen LogP contribution is 2.54. The SMILES string of the molecule is Cc1cc(C)cc(N2C(=O)[C@@H]3[C@H](C2=O)[C@H]2c4ccccc4C=CN2[C@@H]3C(=O)C(C)(C)C)c1. The van der Waals surface area contributed by atoms with Crippen molar-refractivity contribution < 1.29 is 14.4 Å². The summed E-state index contributed by atoms with van der Waals surface area (Å²) in [6, 6.07) is 12.7. The number of ketones is 1. The zero-order valence-electron chi connectivity index (χ0n) is 19.1. The highest BCUT2D eigenvalue weighted by Gasteiger charge is 2.65. The van der Waals surface area contributed by atoms with Crippen molar-refractivity contribution in [1.82, 2.24) is 4.90 Å². The van der Waals surface area contributed by atoms with Crippen molar-refractivity contribution in [3.05, 3.63) is 70.9 Å². The largest absolute Gasteiger partial charge is 0.359 e. The fourth-order valence-corrected chi connectivity index (χ4v) is 5.64. The Morgan fingerprint density at radius 3 is 2.19 bits per heavy atom. The zero-order valence-corrected chi connectivity index (χ0v) is 19.1. The van der Waals surface area contributed by atoms with Gasteiger partial charge in [0.25, 0.3) is 0 Å². The van der Waals surface area contributed by atoms with Crippen LogP contribution in [0.2, 0.25) is 0 Å². The Morgan fingerprint density at radius 2 is 1.53 bits per heavy atom. The second kappa shape index (κ2) is 6.89. The average molecular weight is 429 g/mol. The monoisotopic (exact) mass is 428 g/mol. The van der Waals surface area contributed by atoms with Gasteiger partial charge in [0.15, 0.2) is 5.78 Å². The topological polar surface area (TPSA) is 57.7 Å². The molecule has 0 bridgehead atoms. The van der Waals surface area contributed by atoms with Crippen molar-refractivity contribution in [1.29, 1.82) is 0 Å². The summed E-state index contributed by atoms with van der Waals surface area (Å²) in [5, 5.41) is 0. The first-order valence-corrected chi connectivity index (χ1v) is 11.1. The van der Waals surface area contributed by atoms with Crippen LogP contribution in [0.25, 0.3) is 6.08 Å². The number of hydrogen-bond acceptors (Lipinski definition) is 4. The third-order valence-corrected chi connectivity index (χ3v) is 6.93. The van der Waals surface area contributed by atoms with E-state index in [0.717, 1.165) is 22.3 Å². The lowest BCUT2D eigenvalue weighted by molar-refractivity contribution is -0.135. The highest BCUT2D eigenvalue weighted by atomic mass is 16.2. The van der Waals surface area contributed by atoms with Gasteiger partial charge < -0.3 is 4.90 Å². The molecule has 0 aliphatic carbocycles. The van der Waals surface area contributed by atoms with Gasteiger partial charge in [-0.3, -0.25) is 14.4 Å². The molecule has 4 atom stereocenters. The molecule has 164 valence electrons. The number of hydrogen-bond donors (Lipinski definition) is 0. The minimum absolute atomic E-state index is 0.0116. The first-order valence-electron chi connectivity index (χ1n) is 11.1. The van der Waals surface area contributed by atoms with Gasteiger partial charge in [-0.25, -0.2) is 4.90 Å². The summed E-state index contributed by atoms with van der Waals surface area (Å²) >= 11 is 0. The number of imide groups is 1. The van der Waals surface area contributed by atoms with Crippen LogP contribution in [0.3, 0.4) is 0 Å². The van der Waals surface area contributed by atoms with E-state index in [0.29, 0.717) is 5.69 Å². The van der Waals surface area contributed by atoms with Crippen molar-refractivity contribution in [3.63, 3.8) is 0 Å². The minimum atomic E-state index is -0.698. The third-order valence-electron chi connectivity index (χ3n) is 6.93. The molecule has 0 aromatic heterocycles. The van der Waals surface area contributed by atoms with E-state index in [1.54, 1.807) is 0 Å². The number of carbonyl (C=O) groups is 3. The predicted molar refractivity (Wildman–Crippen MR) is 124 cm³/mol. The molecule has 0 radical (unpaired) electrons. The summed E-state index contributed by atoms with van der Waals surface area (Å²) in [5.41, 5.74) is 3.98. The second-order valence-electron chi connectivity index (χ2n) is 10.3. The van der Waals surface area contributed by atoms with E-state index in [4.69, 9.17) is 0 Å². The molecule has 0 unspecified atom stereocenters. The van der Waals surface area contributed by atoms with Gasteiger partial charge in [-0.05, 0) is 54.3 Å². The molecule has 32 heavy (non-hydrogen) atoms. The highest BCUT2D eigenvalue weighted by molar-refractivity contribution is 6.24. The first-order chi connectivity index (χ1) is 15.1. The molecule has 2 amide bonds. The van der Waals surface area contributed by atoms with Crippen LogP contribution in [-0.4, -0.2) is 28.5 Å². The molecule has 0 N–H and O–H groups in total. The maximum Gasteiger partial charge on any atom is 0.240 e. The summed E-state index contributed by atoms with van der Waals surface area (Å²) in [5.74, 6) is -1.79. The molecular formula is C27H28N2O3. The second-order valence-corrected chi connectivity index (χ2v) is 10.3. The van der Waals surface area contributed by atoms with E-state index in [-0.39, 0.29) is 23.6 Å². The lowest BCUT2D eigenvalue weighted by atomic mass is 9.79. The van der Waals surface area contributed by atoms with Gasteiger partial charge in [-0.2, -0.15) is 0 Å². The van der Waals surface area contributed by atoms with E-state index in [2.05, 4.69) is 0 Å². The van der Waals surface area contributed by atoms with Crippen molar-refractivity contribution >= 4 is 29.4 Å². The van der Waals surface area contributed by atoms with Gasteiger partial charge in [0.05, 0.1) is 23.6 Å². The van der Waals surface area contributed by atoms with Gasteiger partial charge in [-0.1, -0.05) is 51.1 Å². The molecule has 5 heteroatoms. The lowest BCUT2D eigenvalue weighted by Gasteiger charge is -2.37. The van der Waals surface area contributed by atoms with Crippen LogP contribution in [0.4, 0.5) is 5.69 Å². The van der Waals surface area contributed by atoms with Gasteiger partial charge in [0, 0.05) is 11.6 Å². The number of fused-ring (bicyclic) bond motifs is 5. The van der Waals surface area contributed by atoms with Crippen molar-refractivity contribution in [2.75, 3.05) is 4.90 Å². The zero-order chi connectivity index (χ0) is 22.9. The number of aryl methyl sites for hydroxylation is 2. The quantitative estimate of drug-likeness (QED) is 0.664. The molecule has 2 saturated heterocycles. The Kier molecular flexibility index (Phi) is 4.45. The Morgan fingerprint density at radius 1 is 0.906 bits per heavy atom. The van der Waals surface area contributed by atoms with E-state index >= 15 is 0 Å². The van der Waals surface area contributed by atoms with Crippen molar-refractivity contribution in [2.24, 2.45) is 17.3 Å². The number of anilines is 1. The summed E-state index contributed by atoms with van der Waals surface area (Å²) in [4.78, 5) is 44.6. The van der Waals surface area contributed by atoms with Crippen LogP contribution in [0.15, 0.2) is 48.7 Å². The Balaban J connectivity index is 1.68. The maximum atomic E-state index is 13.8. The molecule has 0 spiro atoms. The minimum Gasteiger partial charge on any atom is -0.359 e. The van der Waals surface area contributed by atoms with Crippen LogP contribution >= 0.6 is 0 Å². The normalized spacial score (nSPS) is 26.3. The Hall–Kier alpha value is -3.21. The summed E-state index contributed by atoms with van der Waals surface area (Å²) in [7, 11) is 0. The fraction of sp³-hybridized carbons (Fsp3) is 0.370. The standard InChI is InChI=1S/C27H28N2O3/c1-15-12-16(2)14-18(13-15)29-25(31)20-21(26(29)32)23(24(30)27(3,4)5)28-11-10-17-8-6-7-9-19(17)22(20)28/h6-14,20-23H,1-5H3/t20-,21+,22+,23-/m0/s1. The van der Waals surface area contributed by atoms with E-state index in [1.807, 2.05) is 94.3 Å². The summed E-state index contributed by atoms with van der Waals surface area (Å²) in [6.07, 6.45) is 3.88. The van der Waals surface area contributed by atoms with Gasteiger partial charge in [0.1, 0.15) is 6.04 Å². The number of benzene rings is 2. The molecule has 3 heterocycles. The van der Waals surface area contributed by atoms with Gasteiger partial charge in [0.2, 0.25) is 11.8 Å². The van der Waals surface area contributed by atoms with Crippen molar-refractivity contribution in [2.45, 2.75) is 46.7 Å². The van der Waals surface area contributed by atoms with Gasteiger partial charge in [-0.15, -0.1) is 0 Å². The molecule has 3 aliphatic heterocycles. The van der Waals surface area contributed by atoms with E-state index in [9.17, 15) is 14.4 Å². The molecule has 3 aliphatic rings. The molecule has 5 rings (SSSR count). The first kappa shape index (κ1) is 20.7. The molecule has 2 aromatic rings. The molecule has 0 saturated carbocycles. The third kappa shape index (κ3) is 2.87. The van der Waals surface area contributed by atoms with Gasteiger partial charge >= 0.3 is 0 Å². The number of carbonyl (C=O) groups excluding carboxylic acids is 3. The summed E-state index contributed by atoms with van der Waals surface area (Å²) in [6.45, 7) is 9.54. The lowest BCUT2D eigenvalue weighted by Crippen LogP contribution is -2.47. The molecular weight excluding hydrogens is 400 g/mol. The molecule has 2 fully saturated rings. The fourth-order valence-electron chi connectivity index (χ4n) is 5.64.